The fourth-order valence-electron chi connectivity index (χ4n) is 5.51. The molecule has 1 saturated heterocycles. The Morgan fingerprint density at radius 2 is 1.16 bits per heavy atom. The van der Waals surface area contributed by atoms with Crippen molar-refractivity contribution in [2.45, 2.75) is 58.2 Å². The number of aliphatic carboxylic acids is 1. The molecule has 5 heterocycles. The molecular weight excluding hydrogens is 780 g/mol. The number of carbonyl (C=O) groups excluding carboxylic acids is 1. The fraction of sp³-hybridized carbons (Fsp3) is 0.306. The van der Waals surface area contributed by atoms with Crippen molar-refractivity contribution in [3.05, 3.63) is 89.5 Å². The first-order chi connectivity index (χ1) is 25.0. The molecule has 0 bridgehead atoms. The van der Waals surface area contributed by atoms with Gasteiger partial charge in [0.05, 0.1) is 57.1 Å². The van der Waals surface area contributed by atoms with Crippen molar-refractivity contribution < 1.29 is 96.9 Å². The number of pyridine rings is 2. The van der Waals surface area contributed by atoms with Crippen LogP contribution in [0.5, 0.6) is 0 Å². The number of nitrogens with zero attached hydrogens (tertiary/aromatic N) is 6. The van der Waals surface area contributed by atoms with E-state index in [4.69, 9.17) is 30.8 Å². The van der Waals surface area contributed by atoms with Crippen molar-refractivity contribution in [1.82, 2.24) is 29.5 Å². The Morgan fingerprint density at radius 1 is 0.764 bits per heavy atom. The second kappa shape index (κ2) is 16.6. The molecule has 55 heavy (non-hydrogen) atoms. The molecule has 6 aromatic rings. The fourth-order valence-corrected chi connectivity index (χ4v) is 5.74. The number of hydrogen-bond acceptors (Lipinski definition) is 8. The summed E-state index contributed by atoms with van der Waals surface area (Å²) in [6, 6.07) is 12.1. The predicted octanol–water partition coefficient (Wildman–Crippen LogP) is 4.02. The minimum absolute atomic E-state index is 0. The number of fused-ring (bicyclic) bond motifs is 2. The summed E-state index contributed by atoms with van der Waals surface area (Å²) in [5, 5.41) is 17.6. The number of benzene rings is 2. The third-order valence-electron chi connectivity index (χ3n) is 8.77. The van der Waals surface area contributed by atoms with Crippen LogP contribution in [0.25, 0.3) is 44.3 Å². The Labute approximate surface area is 359 Å². The average Bonchev–Trinajstić information content (AvgIpc) is 3.75. The molecular formula is C36H33BClF6KN6O4. The van der Waals surface area contributed by atoms with Crippen molar-refractivity contribution in [2.75, 3.05) is 0 Å². The van der Waals surface area contributed by atoms with E-state index < -0.39 is 47.8 Å². The summed E-state index contributed by atoms with van der Waals surface area (Å²) in [5.74, 6) is -1.08. The minimum atomic E-state index is -4.57. The summed E-state index contributed by atoms with van der Waals surface area (Å²) in [6.45, 7) is 8.58. The number of carboxylic acids is 1. The number of aryl methyl sites for hydroxylation is 2. The van der Waals surface area contributed by atoms with Gasteiger partial charge in [-0.25, -0.2) is 9.97 Å². The number of carbonyl (C=O) groups is 1. The normalized spacial score (nSPS) is 14.8. The maximum Gasteiger partial charge on any atom is 1.00 e. The van der Waals surface area contributed by atoms with E-state index in [0.29, 0.717) is 33.0 Å². The number of carboxylic acid groups (broad SMARTS) is 1. The topological polar surface area (TPSA) is 120 Å². The van der Waals surface area contributed by atoms with Crippen LogP contribution in [0, 0.1) is 0 Å². The summed E-state index contributed by atoms with van der Waals surface area (Å²) in [6.07, 6.45) is -3.36. The maximum atomic E-state index is 13.9. The van der Waals surface area contributed by atoms with Crippen LogP contribution in [0.3, 0.4) is 0 Å². The molecule has 0 saturated carbocycles. The maximum absolute atomic E-state index is 13.9. The third-order valence-corrected chi connectivity index (χ3v) is 9.10. The van der Waals surface area contributed by atoms with Gasteiger partial charge in [-0.15, -0.1) is 0 Å². The molecule has 0 atom stereocenters. The van der Waals surface area contributed by atoms with Gasteiger partial charge in [-0.05, 0) is 70.4 Å². The summed E-state index contributed by atoms with van der Waals surface area (Å²) < 4.78 is 96.5. The average molecular weight is 813 g/mol. The van der Waals surface area contributed by atoms with Crippen molar-refractivity contribution in [3.63, 3.8) is 0 Å². The number of rotatable bonds is 3. The Bertz CT molecular complexity index is 2330. The Kier molecular flexibility index (Phi) is 13.4. The van der Waals surface area contributed by atoms with E-state index in [2.05, 4.69) is 20.2 Å². The summed E-state index contributed by atoms with van der Waals surface area (Å²) in [4.78, 5) is 17.4. The molecule has 1 fully saturated rings. The second-order valence-electron chi connectivity index (χ2n) is 13.4. The van der Waals surface area contributed by atoms with Gasteiger partial charge >= 0.3 is 70.9 Å². The van der Waals surface area contributed by atoms with Crippen LogP contribution < -0.4 is 62.0 Å². The molecule has 10 nitrogen and oxygen atoms in total. The quantitative estimate of drug-likeness (QED) is 0.194. The van der Waals surface area contributed by atoms with Crippen molar-refractivity contribution >= 4 is 52.0 Å². The molecule has 0 aliphatic carbocycles. The molecule has 0 unspecified atom stereocenters. The van der Waals surface area contributed by atoms with E-state index in [-0.39, 0.29) is 73.2 Å². The van der Waals surface area contributed by atoms with E-state index in [1.165, 1.54) is 40.2 Å². The molecule has 2 aromatic carbocycles. The van der Waals surface area contributed by atoms with Gasteiger partial charge in [0.25, 0.3) is 0 Å². The van der Waals surface area contributed by atoms with Crippen LogP contribution in [0.4, 0.5) is 26.3 Å². The van der Waals surface area contributed by atoms with E-state index in [1.54, 1.807) is 44.4 Å². The first-order valence-electron chi connectivity index (χ1n) is 16.2. The van der Waals surface area contributed by atoms with Crippen molar-refractivity contribution in [3.8, 4) is 22.5 Å². The zero-order chi connectivity index (χ0) is 40.0. The van der Waals surface area contributed by atoms with Crippen LogP contribution in [-0.4, -0.2) is 53.8 Å². The number of alkyl halides is 6. The van der Waals surface area contributed by atoms with Gasteiger partial charge in [-0.1, -0.05) is 29.8 Å². The summed E-state index contributed by atoms with van der Waals surface area (Å²) >= 11 is 5.96. The minimum Gasteiger partial charge on any atom is -0.550 e. The van der Waals surface area contributed by atoms with Crippen molar-refractivity contribution in [2.24, 2.45) is 14.1 Å². The summed E-state index contributed by atoms with van der Waals surface area (Å²) in [7, 11) is 2.50. The van der Waals surface area contributed by atoms with Gasteiger partial charge in [-0.3, -0.25) is 9.36 Å². The molecule has 0 radical (unpaired) electrons. The Morgan fingerprint density at radius 3 is 1.56 bits per heavy atom. The SMILES string of the molecule is CC(=O)[O-].Cn1cc(-c2nc3cccc(B4OC(C)(C)C(C)(C)O4)c3cc2C(F)(F)F)cn1.Cn1cc(-c2nc3cccc(Cl)c3cc2C(F)(F)F)cn1.[K+]. The molecule has 7 rings (SSSR count). The molecule has 19 heteroatoms. The molecule has 0 spiro atoms. The molecule has 4 aromatic heterocycles. The number of halogens is 7. The van der Waals surface area contributed by atoms with Crippen LogP contribution >= 0.6 is 11.6 Å². The third kappa shape index (κ3) is 9.97. The number of aromatic nitrogens is 6. The van der Waals surface area contributed by atoms with Crippen LogP contribution in [0.2, 0.25) is 5.02 Å². The Hall–Kier alpha value is -3.36. The van der Waals surface area contributed by atoms with E-state index in [0.717, 1.165) is 19.1 Å². The zero-order valence-electron chi connectivity index (χ0n) is 31.0. The molecule has 0 N–H and O–H groups in total. The van der Waals surface area contributed by atoms with Crippen LogP contribution in [0.1, 0.15) is 45.7 Å². The van der Waals surface area contributed by atoms with Gasteiger partial charge < -0.3 is 19.2 Å². The smallest absolute Gasteiger partial charge is 0.550 e. The predicted molar refractivity (Wildman–Crippen MR) is 189 cm³/mol. The monoisotopic (exact) mass is 812 g/mol. The zero-order valence-corrected chi connectivity index (χ0v) is 34.8. The standard InChI is InChI=1S/C20H21BF3N3O2.C14H9ClF3N3.C2H4O2.K/c1-18(2)19(3,4)29-21(28-18)15-7-6-8-16-13(15)9-14(20(22,23)24)17(26-16)12-10-25-27(5)11-12;1-21-7-8(6-19-21)13-10(14(16,17)18)5-9-11(15)3-2-4-12(9)20-13;1-2(3)4;/h6-11H,1-5H3;2-7H,1H3;1H3,(H,3,4);/q;;;+1/p-1. The van der Waals surface area contributed by atoms with Crippen LogP contribution in [-0.2, 0) is 40.6 Å². The van der Waals surface area contributed by atoms with Gasteiger partial charge in [0.1, 0.15) is 0 Å². The van der Waals surface area contributed by atoms with Gasteiger partial charge in [-0.2, -0.15) is 36.5 Å². The number of hydrogen-bond donors (Lipinski definition) is 0. The Balaban J connectivity index is 0.000000228. The van der Waals surface area contributed by atoms with Gasteiger partial charge in [0.15, 0.2) is 0 Å². The first kappa shape index (κ1) is 44.4. The van der Waals surface area contributed by atoms with E-state index in [9.17, 15) is 26.3 Å². The largest absolute Gasteiger partial charge is 1.00 e. The summed E-state index contributed by atoms with van der Waals surface area (Å²) in [5.41, 5.74) is -1.15. The molecule has 1 aliphatic rings. The molecule has 1 aliphatic heterocycles. The van der Waals surface area contributed by atoms with E-state index >= 15 is 0 Å². The van der Waals surface area contributed by atoms with Crippen molar-refractivity contribution in [1.29, 1.82) is 0 Å². The molecule has 0 amide bonds. The second-order valence-corrected chi connectivity index (χ2v) is 13.8. The van der Waals surface area contributed by atoms with Gasteiger partial charge in [0, 0.05) is 59.4 Å². The van der Waals surface area contributed by atoms with Crippen LogP contribution in [0.15, 0.2) is 73.3 Å². The van der Waals surface area contributed by atoms with Gasteiger partial charge in [0.2, 0.25) is 0 Å². The molecule has 284 valence electrons. The first-order valence-corrected chi connectivity index (χ1v) is 16.5. The van der Waals surface area contributed by atoms with E-state index in [1.807, 2.05) is 27.7 Å².